The van der Waals surface area contributed by atoms with E-state index in [1.165, 1.54) is 0 Å². The van der Waals surface area contributed by atoms with Gasteiger partial charge in [0.1, 0.15) is 11.6 Å². The number of hydrogen-bond acceptors (Lipinski definition) is 6. The normalized spacial score (nSPS) is 13.2. The fourth-order valence-electron chi connectivity index (χ4n) is 5.51. The third-order valence-electron chi connectivity index (χ3n) is 8.33. The van der Waals surface area contributed by atoms with Crippen LogP contribution in [-0.4, -0.2) is 70.1 Å². The monoisotopic (exact) mass is 686 g/mol. The number of aliphatic hydroxyl groups is 1. The highest BCUT2D eigenvalue weighted by Gasteiger charge is 2.43. The van der Waals surface area contributed by atoms with Gasteiger partial charge in [0.25, 0.3) is 5.91 Å². The van der Waals surface area contributed by atoms with Crippen molar-refractivity contribution >= 4 is 23.9 Å². The Kier molecular flexibility index (Phi) is 15.0. The first-order valence-electron chi connectivity index (χ1n) is 17.4. The Morgan fingerprint density at radius 2 is 1.36 bits per heavy atom. The lowest BCUT2D eigenvalue weighted by Gasteiger charge is -2.34. The summed E-state index contributed by atoms with van der Waals surface area (Å²) in [5, 5.41) is 14.9. The second-order valence-electron chi connectivity index (χ2n) is 14.1. The number of imide groups is 1. The van der Waals surface area contributed by atoms with Gasteiger partial charge in [0.15, 0.2) is 5.60 Å². The van der Waals surface area contributed by atoms with E-state index in [-0.39, 0.29) is 25.3 Å². The summed E-state index contributed by atoms with van der Waals surface area (Å²) in [7, 11) is 0. The summed E-state index contributed by atoms with van der Waals surface area (Å²) in [6, 6.07) is 25.7. The van der Waals surface area contributed by atoms with Crippen molar-refractivity contribution in [3.63, 3.8) is 0 Å². The zero-order valence-corrected chi connectivity index (χ0v) is 30.1. The number of hydrogen-bond donors (Lipinski definition) is 3. The molecule has 0 bridgehead atoms. The van der Waals surface area contributed by atoms with E-state index in [0.717, 1.165) is 16.0 Å². The van der Waals surface area contributed by atoms with E-state index in [4.69, 9.17) is 10.5 Å². The smallest absolute Gasteiger partial charge is 0.410 e. The first-order valence-corrected chi connectivity index (χ1v) is 17.4. The Morgan fingerprint density at radius 1 is 0.800 bits per heavy atom. The molecule has 3 rings (SSSR count). The predicted molar refractivity (Wildman–Crippen MR) is 195 cm³/mol. The van der Waals surface area contributed by atoms with E-state index in [0.29, 0.717) is 44.3 Å². The van der Waals surface area contributed by atoms with Crippen LogP contribution in [0.1, 0.15) is 77.0 Å². The van der Waals surface area contributed by atoms with Gasteiger partial charge in [0.05, 0.1) is 0 Å². The van der Waals surface area contributed by atoms with Gasteiger partial charge in [-0.2, -0.15) is 0 Å². The number of rotatable bonds is 17. The minimum atomic E-state index is -2.06. The number of nitrogens with zero attached hydrogens (tertiary/aromatic N) is 2. The summed E-state index contributed by atoms with van der Waals surface area (Å²) in [5.74, 6) is -1.38. The zero-order valence-electron chi connectivity index (χ0n) is 30.1. The van der Waals surface area contributed by atoms with Crippen molar-refractivity contribution in [1.29, 1.82) is 0 Å². The molecule has 2 unspecified atom stereocenters. The van der Waals surface area contributed by atoms with Crippen LogP contribution in [0.3, 0.4) is 0 Å². The number of ether oxygens (including phenoxy) is 1. The number of urea groups is 1. The van der Waals surface area contributed by atoms with Gasteiger partial charge in [-0.25, -0.2) is 9.59 Å². The van der Waals surface area contributed by atoms with Crippen LogP contribution >= 0.6 is 0 Å². The van der Waals surface area contributed by atoms with Crippen LogP contribution in [0.2, 0.25) is 0 Å². The summed E-state index contributed by atoms with van der Waals surface area (Å²) < 4.78 is 5.68. The summed E-state index contributed by atoms with van der Waals surface area (Å²) in [6.45, 7) is 10.2. The van der Waals surface area contributed by atoms with Gasteiger partial charge >= 0.3 is 12.1 Å². The molecule has 10 nitrogen and oxygen atoms in total. The molecule has 0 saturated carbocycles. The number of carbonyl (C=O) groups excluding carboxylic acids is 4. The van der Waals surface area contributed by atoms with Crippen LogP contribution < -0.4 is 11.1 Å². The number of primary amides is 1. The molecule has 0 radical (unpaired) electrons. The molecule has 2 atom stereocenters. The molecule has 0 heterocycles. The van der Waals surface area contributed by atoms with Crippen molar-refractivity contribution in [2.75, 3.05) is 19.6 Å². The first-order chi connectivity index (χ1) is 23.7. The average molecular weight is 687 g/mol. The van der Waals surface area contributed by atoms with Crippen LogP contribution in [0.25, 0.3) is 0 Å². The van der Waals surface area contributed by atoms with Crippen LogP contribution in [0, 0.1) is 5.92 Å². The second kappa shape index (κ2) is 18.9. The molecule has 0 fully saturated rings. The topological polar surface area (TPSA) is 142 Å². The summed E-state index contributed by atoms with van der Waals surface area (Å²) in [6.07, 6.45) is 1.66. The third-order valence-corrected chi connectivity index (χ3v) is 8.33. The van der Waals surface area contributed by atoms with Crippen LogP contribution in [0.5, 0.6) is 0 Å². The molecule has 10 heteroatoms. The SMILES string of the molecule is CC(C)CCN(C(=O)NC(Cc1ccccc1)C(N)=O)C(=O)C(O)(CCCCN(CCc1ccccc1)C(=O)OC(C)(C)C)c1ccccc1. The molecule has 270 valence electrons. The predicted octanol–water partition coefficient (Wildman–Crippen LogP) is 6.21. The van der Waals surface area contributed by atoms with Gasteiger partial charge in [0.2, 0.25) is 5.91 Å². The van der Waals surface area contributed by atoms with Gasteiger partial charge in [-0.1, -0.05) is 105 Å². The van der Waals surface area contributed by atoms with Crippen molar-refractivity contribution in [3.8, 4) is 0 Å². The van der Waals surface area contributed by atoms with Crippen LogP contribution in [0.4, 0.5) is 9.59 Å². The van der Waals surface area contributed by atoms with Crippen LogP contribution in [0.15, 0.2) is 91.0 Å². The maximum absolute atomic E-state index is 14.4. The van der Waals surface area contributed by atoms with Crippen molar-refractivity contribution < 1.29 is 29.0 Å². The Balaban J connectivity index is 1.82. The number of unbranched alkanes of at least 4 members (excludes halogenated alkanes) is 1. The van der Waals surface area contributed by atoms with Gasteiger partial charge in [0, 0.05) is 26.1 Å². The molecule has 0 aliphatic rings. The highest BCUT2D eigenvalue weighted by molar-refractivity contribution is 6.00. The molecule has 0 aliphatic heterocycles. The maximum Gasteiger partial charge on any atom is 0.410 e. The van der Waals surface area contributed by atoms with E-state index < -0.39 is 41.2 Å². The molecule has 0 saturated heterocycles. The number of carbonyl (C=O) groups is 4. The Labute approximate surface area is 297 Å². The molecule has 0 aromatic heterocycles. The fourth-order valence-corrected chi connectivity index (χ4v) is 5.51. The highest BCUT2D eigenvalue weighted by atomic mass is 16.6. The minimum absolute atomic E-state index is 0.00852. The zero-order chi connectivity index (χ0) is 36.7. The summed E-state index contributed by atoms with van der Waals surface area (Å²) >= 11 is 0. The van der Waals surface area contributed by atoms with E-state index in [1.54, 1.807) is 35.2 Å². The van der Waals surface area contributed by atoms with Crippen molar-refractivity contribution in [1.82, 2.24) is 15.1 Å². The molecular formula is C40H54N4O6. The molecule has 4 N–H and O–H groups in total. The third kappa shape index (κ3) is 12.6. The van der Waals surface area contributed by atoms with Crippen molar-refractivity contribution in [2.24, 2.45) is 11.7 Å². The lowest BCUT2D eigenvalue weighted by atomic mass is 9.86. The van der Waals surface area contributed by atoms with Gasteiger partial charge in [-0.15, -0.1) is 0 Å². The number of nitrogens with two attached hydrogens (primary N) is 1. The Morgan fingerprint density at radius 3 is 1.90 bits per heavy atom. The van der Waals surface area contributed by atoms with Gasteiger partial charge in [-0.3, -0.25) is 14.5 Å². The standard InChI is InChI=1S/C40H54N4O6/c1-30(2)23-28-44(37(47)42-34(35(41)45)29-32-19-11-7-12-20-32)36(46)40(49,33-21-13-8-14-22-33)25-15-16-26-43(38(48)50-39(3,4)5)27-24-31-17-9-6-10-18-31/h6-14,17-22,30,34,49H,15-16,23-29H2,1-5H3,(H2,41,45)(H,42,47). The summed E-state index contributed by atoms with van der Waals surface area (Å²) in [4.78, 5) is 56.4. The van der Waals surface area contributed by atoms with E-state index in [9.17, 15) is 24.3 Å². The second-order valence-corrected chi connectivity index (χ2v) is 14.1. The van der Waals surface area contributed by atoms with Crippen molar-refractivity contribution in [2.45, 2.75) is 90.4 Å². The van der Waals surface area contributed by atoms with E-state index >= 15 is 0 Å². The van der Waals surface area contributed by atoms with Crippen molar-refractivity contribution in [3.05, 3.63) is 108 Å². The lowest BCUT2D eigenvalue weighted by molar-refractivity contribution is -0.150. The highest BCUT2D eigenvalue weighted by Crippen LogP contribution is 2.30. The molecule has 5 amide bonds. The van der Waals surface area contributed by atoms with Gasteiger partial charge < -0.3 is 25.8 Å². The molecule has 0 aliphatic carbocycles. The number of benzene rings is 3. The van der Waals surface area contributed by atoms with Gasteiger partial charge in [-0.05, 0) is 75.5 Å². The number of nitrogens with one attached hydrogen (secondary N) is 1. The largest absolute Gasteiger partial charge is 0.444 e. The Bertz CT molecular complexity index is 1510. The molecule has 3 aromatic rings. The quantitative estimate of drug-likeness (QED) is 0.144. The molecular weight excluding hydrogens is 632 g/mol. The first kappa shape index (κ1) is 39.7. The minimum Gasteiger partial charge on any atom is -0.444 e. The lowest BCUT2D eigenvalue weighted by Crippen LogP contribution is -2.57. The van der Waals surface area contributed by atoms with E-state index in [2.05, 4.69) is 5.32 Å². The van der Waals surface area contributed by atoms with E-state index in [1.807, 2.05) is 95.3 Å². The summed E-state index contributed by atoms with van der Waals surface area (Å²) in [5.41, 5.74) is 5.18. The van der Waals surface area contributed by atoms with Crippen LogP contribution in [-0.2, 0) is 32.8 Å². The number of amides is 5. The molecule has 0 spiro atoms. The molecule has 3 aromatic carbocycles. The fraction of sp³-hybridized carbons (Fsp3) is 0.450. The maximum atomic E-state index is 14.4. The average Bonchev–Trinajstić information content (AvgIpc) is 3.07. The Hall–Kier alpha value is -4.70. The molecule has 50 heavy (non-hydrogen) atoms.